The first-order valence-electron chi connectivity index (χ1n) is 7.41. The second kappa shape index (κ2) is 6.82. The van der Waals surface area contributed by atoms with Gasteiger partial charge in [0.2, 0.25) is 5.91 Å². The summed E-state index contributed by atoms with van der Waals surface area (Å²) in [7, 11) is 1.24. The summed E-state index contributed by atoms with van der Waals surface area (Å²) in [5.74, 6) is -1.25. The number of halogens is 1. The van der Waals surface area contributed by atoms with Crippen molar-refractivity contribution in [1.82, 2.24) is 9.78 Å². The molecule has 1 N–H and O–H groups in total. The molecule has 0 unspecified atom stereocenters. The fraction of sp³-hybridized carbons (Fsp3) is 0.353. The lowest BCUT2D eigenvalue weighted by molar-refractivity contribution is -0.123. The molecule has 0 aliphatic carbocycles. The highest BCUT2D eigenvalue weighted by atomic mass is 19.1. The van der Waals surface area contributed by atoms with Crippen molar-refractivity contribution < 1.29 is 18.7 Å². The normalized spacial score (nSPS) is 11.2. The lowest BCUT2D eigenvalue weighted by Crippen LogP contribution is -2.27. The minimum atomic E-state index is -0.613. The van der Waals surface area contributed by atoms with Gasteiger partial charge in [-0.05, 0) is 17.7 Å². The molecule has 1 amide bonds. The SMILES string of the molecule is COC(=O)c1cc(F)ccc1Cn1cc(NC(=O)C(C)(C)C)cn1. The van der Waals surface area contributed by atoms with Crippen molar-refractivity contribution in [2.75, 3.05) is 12.4 Å². The fourth-order valence-corrected chi connectivity index (χ4v) is 1.99. The Balaban J connectivity index is 2.18. The van der Waals surface area contributed by atoms with Gasteiger partial charge in [0.1, 0.15) is 5.82 Å². The fourth-order valence-electron chi connectivity index (χ4n) is 1.99. The number of nitrogens with zero attached hydrogens (tertiary/aromatic N) is 2. The first kappa shape index (κ1) is 17.7. The number of benzene rings is 1. The lowest BCUT2D eigenvalue weighted by atomic mass is 9.96. The van der Waals surface area contributed by atoms with Crippen molar-refractivity contribution in [2.45, 2.75) is 27.3 Å². The summed E-state index contributed by atoms with van der Waals surface area (Å²) < 4.78 is 19.6. The van der Waals surface area contributed by atoms with Gasteiger partial charge < -0.3 is 10.1 Å². The molecule has 24 heavy (non-hydrogen) atoms. The summed E-state index contributed by atoms with van der Waals surface area (Å²) in [6.07, 6.45) is 3.17. The van der Waals surface area contributed by atoms with Crippen LogP contribution in [0.3, 0.4) is 0 Å². The van der Waals surface area contributed by atoms with E-state index in [1.54, 1.807) is 10.9 Å². The van der Waals surface area contributed by atoms with Crippen molar-refractivity contribution in [1.29, 1.82) is 0 Å². The van der Waals surface area contributed by atoms with Crippen LogP contribution in [0.4, 0.5) is 10.1 Å². The molecule has 2 rings (SSSR count). The first-order chi connectivity index (χ1) is 11.2. The topological polar surface area (TPSA) is 73.2 Å². The molecule has 0 bridgehead atoms. The number of rotatable bonds is 4. The molecule has 6 nitrogen and oxygen atoms in total. The summed E-state index contributed by atoms with van der Waals surface area (Å²) in [6, 6.07) is 3.91. The summed E-state index contributed by atoms with van der Waals surface area (Å²) in [6.45, 7) is 5.69. The zero-order valence-electron chi connectivity index (χ0n) is 14.1. The van der Waals surface area contributed by atoms with Gasteiger partial charge in [0.15, 0.2) is 0 Å². The maximum absolute atomic E-state index is 13.4. The molecule has 1 heterocycles. The molecule has 7 heteroatoms. The third-order valence-corrected chi connectivity index (χ3v) is 3.38. The molecule has 0 saturated heterocycles. The van der Waals surface area contributed by atoms with E-state index < -0.39 is 17.2 Å². The molecule has 0 radical (unpaired) electrons. The Morgan fingerprint density at radius 1 is 1.33 bits per heavy atom. The number of aromatic nitrogens is 2. The lowest BCUT2D eigenvalue weighted by Gasteiger charge is -2.16. The Morgan fingerprint density at radius 3 is 2.67 bits per heavy atom. The molecule has 128 valence electrons. The average Bonchev–Trinajstić information content (AvgIpc) is 2.94. The standard InChI is InChI=1S/C17H20FN3O3/c1-17(2,3)16(23)20-13-8-19-21(10-13)9-11-5-6-12(18)7-14(11)15(22)24-4/h5-8,10H,9H2,1-4H3,(H,20,23). The molecule has 0 aliphatic heterocycles. The van der Waals surface area contributed by atoms with Crippen molar-refractivity contribution >= 4 is 17.6 Å². The van der Waals surface area contributed by atoms with Gasteiger partial charge in [0.05, 0.1) is 31.1 Å². The predicted molar refractivity (Wildman–Crippen MR) is 87.2 cm³/mol. The number of hydrogen-bond donors (Lipinski definition) is 1. The zero-order valence-corrected chi connectivity index (χ0v) is 14.1. The highest BCUT2D eigenvalue weighted by Gasteiger charge is 2.21. The molecule has 0 saturated carbocycles. The van der Waals surface area contributed by atoms with E-state index in [0.29, 0.717) is 11.3 Å². The Hall–Kier alpha value is -2.70. The number of anilines is 1. The number of nitrogens with one attached hydrogen (secondary N) is 1. The monoisotopic (exact) mass is 333 g/mol. The summed E-state index contributed by atoms with van der Waals surface area (Å²) in [5, 5.41) is 6.92. The van der Waals surface area contributed by atoms with E-state index in [1.807, 2.05) is 20.8 Å². The second-order valence-corrected chi connectivity index (χ2v) is 6.42. The van der Waals surface area contributed by atoms with Gasteiger partial charge in [0.25, 0.3) is 0 Å². The second-order valence-electron chi connectivity index (χ2n) is 6.42. The van der Waals surface area contributed by atoms with Crippen LogP contribution in [-0.4, -0.2) is 28.8 Å². The van der Waals surface area contributed by atoms with Crippen LogP contribution < -0.4 is 5.32 Å². The highest BCUT2D eigenvalue weighted by molar-refractivity contribution is 5.94. The predicted octanol–water partition coefficient (Wildman–Crippen LogP) is 2.84. The number of esters is 1. The van der Waals surface area contributed by atoms with Crippen LogP contribution in [-0.2, 0) is 16.1 Å². The molecule has 2 aromatic rings. The van der Waals surface area contributed by atoms with E-state index in [0.717, 1.165) is 6.07 Å². The van der Waals surface area contributed by atoms with E-state index in [1.165, 1.54) is 25.4 Å². The number of ether oxygens (including phenoxy) is 1. The molecule has 0 aliphatic rings. The Morgan fingerprint density at radius 2 is 2.04 bits per heavy atom. The van der Waals surface area contributed by atoms with Crippen LogP contribution in [0.5, 0.6) is 0 Å². The minimum Gasteiger partial charge on any atom is -0.465 e. The van der Waals surface area contributed by atoms with Crippen LogP contribution in [0.25, 0.3) is 0 Å². The van der Waals surface area contributed by atoms with Gasteiger partial charge in [-0.15, -0.1) is 0 Å². The molecular weight excluding hydrogens is 313 g/mol. The number of methoxy groups -OCH3 is 1. The van der Waals surface area contributed by atoms with Gasteiger partial charge >= 0.3 is 5.97 Å². The maximum Gasteiger partial charge on any atom is 0.338 e. The van der Waals surface area contributed by atoms with Gasteiger partial charge in [-0.25, -0.2) is 9.18 Å². The molecule has 1 aromatic heterocycles. The first-order valence-corrected chi connectivity index (χ1v) is 7.41. The molecule has 1 aromatic carbocycles. The Bertz CT molecular complexity index is 763. The number of amides is 1. The third-order valence-electron chi connectivity index (χ3n) is 3.38. The van der Waals surface area contributed by atoms with Crippen LogP contribution in [0.15, 0.2) is 30.6 Å². The largest absolute Gasteiger partial charge is 0.465 e. The van der Waals surface area contributed by atoms with E-state index >= 15 is 0 Å². The van der Waals surface area contributed by atoms with E-state index in [4.69, 9.17) is 0 Å². The maximum atomic E-state index is 13.4. The van der Waals surface area contributed by atoms with Crippen LogP contribution in [0, 0.1) is 11.2 Å². The number of carbonyl (C=O) groups is 2. The quantitative estimate of drug-likeness (QED) is 0.873. The minimum absolute atomic E-state index is 0.126. The van der Waals surface area contributed by atoms with E-state index in [9.17, 15) is 14.0 Å². The average molecular weight is 333 g/mol. The smallest absolute Gasteiger partial charge is 0.338 e. The third kappa shape index (κ3) is 4.18. The molecular formula is C17H20FN3O3. The molecule has 0 spiro atoms. The van der Waals surface area contributed by atoms with E-state index in [2.05, 4.69) is 15.2 Å². The number of hydrogen-bond acceptors (Lipinski definition) is 4. The van der Waals surface area contributed by atoms with Crippen LogP contribution in [0.2, 0.25) is 0 Å². The Kier molecular flexibility index (Phi) is 5.02. The number of carbonyl (C=O) groups excluding carboxylic acids is 2. The van der Waals surface area contributed by atoms with Crippen molar-refractivity contribution in [3.05, 3.63) is 47.5 Å². The van der Waals surface area contributed by atoms with Crippen LogP contribution >= 0.6 is 0 Å². The van der Waals surface area contributed by atoms with Gasteiger partial charge in [-0.2, -0.15) is 5.10 Å². The van der Waals surface area contributed by atoms with Gasteiger partial charge in [0, 0.05) is 11.6 Å². The summed E-state index contributed by atoms with van der Waals surface area (Å²) >= 11 is 0. The van der Waals surface area contributed by atoms with Crippen molar-refractivity contribution in [2.24, 2.45) is 5.41 Å². The van der Waals surface area contributed by atoms with Crippen molar-refractivity contribution in [3.63, 3.8) is 0 Å². The van der Waals surface area contributed by atoms with Gasteiger partial charge in [-0.1, -0.05) is 26.8 Å². The summed E-state index contributed by atoms with van der Waals surface area (Å²) in [5.41, 5.74) is 0.752. The molecule has 0 atom stereocenters. The Labute approximate surface area is 139 Å². The van der Waals surface area contributed by atoms with E-state index in [-0.39, 0.29) is 18.0 Å². The zero-order chi connectivity index (χ0) is 17.9. The van der Waals surface area contributed by atoms with Crippen molar-refractivity contribution in [3.8, 4) is 0 Å². The summed E-state index contributed by atoms with van der Waals surface area (Å²) in [4.78, 5) is 23.7. The van der Waals surface area contributed by atoms with Crippen LogP contribution in [0.1, 0.15) is 36.7 Å². The molecule has 0 fully saturated rings. The highest BCUT2D eigenvalue weighted by Crippen LogP contribution is 2.18. The van der Waals surface area contributed by atoms with Gasteiger partial charge in [-0.3, -0.25) is 9.48 Å².